The van der Waals surface area contributed by atoms with Crippen molar-refractivity contribution in [3.63, 3.8) is 0 Å². The topological polar surface area (TPSA) is 78.1 Å². The number of aryl methyl sites for hydroxylation is 1. The Balaban J connectivity index is 3.00. The summed E-state index contributed by atoms with van der Waals surface area (Å²) < 4.78 is 25.9. The zero-order valence-corrected chi connectivity index (χ0v) is 14.6. The second-order valence-corrected chi connectivity index (χ2v) is 8.13. The van der Waals surface area contributed by atoms with Crippen molar-refractivity contribution in [2.75, 3.05) is 11.5 Å². The van der Waals surface area contributed by atoms with Gasteiger partial charge in [-0.05, 0) is 35.4 Å². The number of nitrogens with zero attached hydrogens (tertiary/aromatic N) is 2. The molecule has 1 heterocycles. The summed E-state index contributed by atoms with van der Waals surface area (Å²) in [6, 6.07) is 0. The minimum atomic E-state index is -3.07. The molecule has 0 saturated carbocycles. The smallest absolute Gasteiger partial charge is 0.299 e. The molecule has 114 valence electrons. The molecule has 0 aliphatic carbocycles. The van der Waals surface area contributed by atoms with Gasteiger partial charge < -0.3 is 0 Å². The van der Waals surface area contributed by atoms with Gasteiger partial charge in [0.05, 0.1) is 9.32 Å². The van der Waals surface area contributed by atoms with Crippen molar-refractivity contribution in [3.8, 4) is 0 Å². The van der Waals surface area contributed by atoms with Crippen LogP contribution < -0.4 is 11.2 Å². The number of sulfone groups is 1. The molecule has 1 rings (SSSR count). The van der Waals surface area contributed by atoms with Crippen molar-refractivity contribution in [2.45, 2.75) is 39.8 Å². The summed E-state index contributed by atoms with van der Waals surface area (Å²) in [5.41, 5.74) is -0.719. The van der Waals surface area contributed by atoms with Gasteiger partial charge in [0, 0.05) is 25.0 Å². The van der Waals surface area contributed by atoms with Crippen molar-refractivity contribution in [1.29, 1.82) is 0 Å². The summed E-state index contributed by atoms with van der Waals surface area (Å²) in [6.45, 7) is 4.21. The van der Waals surface area contributed by atoms with E-state index < -0.39 is 9.84 Å². The lowest BCUT2D eigenvalue weighted by atomic mass is 10.4. The van der Waals surface area contributed by atoms with Gasteiger partial charge in [-0.3, -0.25) is 13.9 Å². The molecule has 0 spiro atoms. The van der Waals surface area contributed by atoms with Crippen molar-refractivity contribution in [3.05, 3.63) is 30.6 Å². The molecule has 0 aromatic carbocycles. The van der Waals surface area contributed by atoms with Gasteiger partial charge in [-0.25, -0.2) is 13.2 Å². The van der Waals surface area contributed by atoms with Gasteiger partial charge in [-0.15, -0.1) is 0 Å². The minimum Gasteiger partial charge on any atom is -0.299 e. The highest BCUT2D eigenvalue weighted by Crippen LogP contribution is 1.98. The molecule has 8 heteroatoms. The van der Waals surface area contributed by atoms with Crippen LogP contribution in [-0.2, 0) is 22.9 Å². The van der Waals surface area contributed by atoms with Crippen LogP contribution >= 0.6 is 22.6 Å². The quantitative estimate of drug-likeness (QED) is 0.620. The van der Waals surface area contributed by atoms with Gasteiger partial charge in [0.15, 0.2) is 0 Å². The first-order valence-corrected chi connectivity index (χ1v) is 9.42. The second-order valence-electron chi connectivity index (χ2n) is 4.50. The highest BCUT2D eigenvalue weighted by atomic mass is 127. The third-order valence-electron chi connectivity index (χ3n) is 2.94. The van der Waals surface area contributed by atoms with Crippen LogP contribution in [0.4, 0.5) is 0 Å². The Morgan fingerprint density at radius 1 is 1.20 bits per heavy atom. The summed E-state index contributed by atoms with van der Waals surface area (Å²) in [5.74, 6) is 0.0723. The fraction of sp³-hybridized carbons (Fsp3) is 0.667. The fourth-order valence-corrected chi connectivity index (χ4v) is 3.29. The average molecular weight is 414 g/mol. The number of hydrogen-bond donors (Lipinski definition) is 0. The van der Waals surface area contributed by atoms with E-state index in [2.05, 4.69) is 0 Å². The van der Waals surface area contributed by atoms with Gasteiger partial charge in [0.1, 0.15) is 9.84 Å². The first-order chi connectivity index (χ1) is 9.32. The maximum absolute atomic E-state index is 12.1. The molecule has 0 radical (unpaired) electrons. The van der Waals surface area contributed by atoms with E-state index >= 15 is 0 Å². The lowest BCUT2D eigenvalue weighted by Crippen LogP contribution is -2.41. The van der Waals surface area contributed by atoms with Gasteiger partial charge in [-0.2, -0.15) is 0 Å². The standard InChI is InChI=1S/C12H19IN2O4S/c1-3-6-14-9-10(13)11(16)15(12(14)17)7-5-8-20(18,19)4-2/h9H,3-8H2,1-2H3. The molecule has 0 unspecified atom stereocenters. The maximum Gasteiger partial charge on any atom is 0.331 e. The maximum atomic E-state index is 12.1. The zero-order chi connectivity index (χ0) is 15.3. The summed E-state index contributed by atoms with van der Waals surface area (Å²) in [5, 5.41) is 0. The Labute approximate surface area is 131 Å². The van der Waals surface area contributed by atoms with E-state index in [1.54, 1.807) is 13.1 Å². The van der Waals surface area contributed by atoms with E-state index in [0.717, 1.165) is 11.0 Å². The first kappa shape index (κ1) is 17.4. The average Bonchev–Trinajstić information content (AvgIpc) is 2.40. The molecule has 0 aliphatic rings. The van der Waals surface area contributed by atoms with E-state index in [-0.39, 0.29) is 35.7 Å². The predicted molar refractivity (Wildman–Crippen MR) is 86.9 cm³/mol. The lowest BCUT2D eigenvalue weighted by Gasteiger charge is -2.10. The molecular formula is C12H19IN2O4S. The fourth-order valence-electron chi connectivity index (χ4n) is 1.80. The Morgan fingerprint density at radius 2 is 1.85 bits per heavy atom. The van der Waals surface area contributed by atoms with Gasteiger partial charge in [-0.1, -0.05) is 13.8 Å². The number of halogens is 1. The summed E-state index contributed by atoms with van der Waals surface area (Å²) >= 11 is 1.90. The van der Waals surface area contributed by atoms with Gasteiger partial charge in [0.25, 0.3) is 5.56 Å². The molecule has 0 saturated heterocycles. The third kappa shape index (κ3) is 4.44. The van der Waals surface area contributed by atoms with Gasteiger partial charge in [0.2, 0.25) is 0 Å². The number of aromatic nitrogens is 2. The Hall–Kier alpha value is -0.640. The molecule has 6 nitrogen and oxygen atoms in total. The molecule has 20 heavy (non-hydrogen) atoms. The van der Waals surface area contributed by atoms with Crippen molar-refractivity contribution < 1.29 is 8.42 Å². The lowest BCUT2D eigenvalue weighted by molar-refractivity contribution is 0.532. The molecule has 0 amide bonds. The van der Waals surface area contributed by atoms with Crippen LogP contribution in [-0.4, -0.2) is 29.1 Å². The van der Waals surface area contributed by atoms with Gasteiger partial charge >= 0.3 is 5.69 Å². The summed E-state index contributed by atoms with van der Waals surface area (Å²) in [6.07, 6.45) is 2.62. The number of rotatable bonds is 7. The Kier molecular flexibility index (Phi) is 6.44. The Morgan fingerprint density at radius 3 is 2.40 bits per heavy atom. The molecular weight excluding hydrogens is 395 g/mol. The van der Waals surface area contributed by atoms with E-state index in [4.69, 9.17) is 0 Å². The van der Waals surface area contributed by atoms with E-state index in [9.17, 15) is 18.0 Å². The van der Waals surface area contributed by atoms with Crippen LogP contribution in [0.2, 0.25) is 0 Å². The van der Waals surface area contributed by atoms with Crippen LogP contribution in [0.15, 0.2) is 15.8 Å². The normalized spacial score (nSPS) is 11.8. The van der Waals surface area contributed by atoms with Crippen molar-refractivity contribution in [1.82, 2.24) is 9.13 Å². The van der Waals surface area contributed by atoms with E-state index in [1.165, 1.54) is 4.57 Å². The first-order valence-electron chi connectivity index (χ1n) is 6.52. The molecule has 0 N–H and O–H groups in total. The van der Waals surface area contributed by atoms with Crippen LogP contribution in [0.3, 0.4) is 0 Å². The van der Waals surface area contributed by atoms with Crippen molar-refractivity contribution >= 4 is 32.4 Å². The van der Waals surface area contributed by atoms with E-state index in [0.29, 0.717) is 10.1 Å². The molecule has 0 aliphatic heterocycles. The summed E-state index contributed by atoms with van der Waals surface area (Å²) in [7, 11) is -3.07. The largest absolute Gasteiger partial charge is 0.331 e. The number of hydrogen-bond acceptors (Lipinski definition) is 4. The SMILES string of the molecule is CCCn1cc(I)c(=O)n(CCCS(=O)(=O)CC)c1=O. The highest BCUT2D eigenvalue weighted by Gasteiger charge is 2.11. The third-order valence-corrected chi connectivity index (χ3v) is 5.47. The van der Waals surface area contributed by atoms with Crippen LogP contribution in [0.1, 0.15) is 26.7 Å². The van der Waals surface area contributed by atoms with Crippen LogP contribution in [0, 0.1) is 3.57 Å². The molecule has 0 fully saturated rings. The predicted octanol–water partition coefficient (Wildman–Crippen LogP) is 0.849. The highest BCUT2D eigenvalue weighted by molar-refractivity contribution is 14.1. The second kappa shape index (κ2) is 7.39. The Bertz CT molecular complexity index is 676. The monoisotopic (exact) mass is 414 g/mol. The minimum absolute atomic E-state index is 0.00533. The molecule has 0 bridgehead atoms. The van der Waals surface area contributed by atoms with Crippen LogP contribution in [0.5, 0.6) is 0 Å². The van der Waals surface area contributed by atoms with E-state index in [1.807, 2.05) is 29.5 Å². The van der Waals surface area contributed by atoms with Crippen LogP contribution in [0.25, 0.3) is 0 Å². The zero-order valence-electron chi connectivity index (χ0n) is 11.6. The van der Waals surface area contributed by atoms with Crippen molar-refractivity contribution in [2.24, 2.45) is 0 Å². The molecule has 1 aromatic rings. The molecule has 0 atom stereocenters. The molecule has 1 aromatic heterocycles. The summed E-state index contributed by atoms with van der Waals surface area (Å²) in [4.78, 5) is 24.1.